The summed E-state index contributed by atoms with van der Waals surface area (Å²) < 4.78 is 6.96. The highest BCUT2D eigenvalue weighted by molar-refractivity contribution is 6.46. The smallest absolute Gasteiger partial charge is 0.336 e. The molecule has 2 aromatic carbocycles. The van der Waals surface area contributed by atoms with Crippen molar-refractivity contribution < 1.29 is 19.1 Å². The molecule has 1 aliphatic heterocycles. The molecule has 4 rings (SSSR count). The number of halogens is 2. The van der Waals surface area contributed by atoms with E-state index in [1.807, 2.05) is 12.1 Å². The second-order valence-corrected chi connectivity index (χ2v) is 7.32. The second-order valence-electron chi connectivity index (χ2n) is 6.53. The van der Waals surface area contributed by atoms with Crippen LogP contribution < -0.4 is 15.0 Å². The molecule has 1 saturated heterocycles. The van der Waals surface area contributed by atoms with Crippen molar-refractivity contribution in [3.05, 3.63) is 82.1 Å². The normalized spacial score (nSPS) is 15.4. The Morgan fingerprint density at radius 2 is 1.71 bits per heavy atom. The number of carbonyl (C=O) groups is 3. The monoisotopic (exact) mass is 455 g/mol. The number of carbonyl (C=O) groups excluding carboxylic acids is 3. The number of hydrogen-bond donors (Lipinski definition) is 1. The molecule has 31 heavy (non-hydrogen) atoms. The van der Waals surface area contributed by atoms with E-state index in [0.29, 0.717) is 11.4 Å². The van der Waals surface area contributed by atoms with Crippen LogP contribution in [-0.4, -0.2) is 29.5 Å². The number of aromatic nitrogens is 1. The molecule has 7 nitrogen and oxygen atoms in total. The topological polar surface area (TPSA) is 80.6 Å². The molecule has 4 amide bonds. The fraction of sp³-hybridized carbons (Fsp3) is 0.0455. The van der Waals surface area contributed by atoms with Crippen LogP contribution in [0.3, 0.4) is 0 Å². The highest BCUT2D eigenvalue weighted by atomic mass is 35.5. The van der Waals surface area contributed by atoms with Gasteiger partial charge in [0.15, 0.2) is 0 Å². The first kappa shape index (κ1) is 20.7. The molecule has 0 aliphatic carbocycles. The Morgan fingerprint density at radius 1 is 0.968 bits per heavy atom. The Bertz CT molecular complexity index is 1230. The van der Waals surface area contributed by atoms with Gasteiger partial charge in [0.25, 0.3) is 11.8 Å². The van der Waals surface area contributed by atoms with Crippen LogP contribution in [0.2, 0.25) is 10.0 Å². The number of urea groups is 1. The van der Waals surface area contributed by atoms with Gasteiger partial charge in [-0.15, -0.1) is 0 Å². The number of imide groups is 2. The van der Waals surface area contributed by atoms with Crippen molar-refractivity contribution in [2.24, 2.45) is 0 Å². The van der Waals surface area contributed by atoms with Crippen LogP contribution in [0.1, 0.15) is 5.69 Å². The molecule has 1 fully saturated rings. The predicted molar refractivity (Wildman–Crippen MR) is 118 cm³/mol. The van der Waals surface area contributed by atoms with Crippen molar-refractivity contribution >= 4 is 52.8 Å². The summed E-state index contributed by atoms with van der Waals surface area (Å²) in [5, 5.41) is 2.38. The third kappa shape index (κ3) is 3.81. The molecule has 0 saturated carbocycles. The predicted octanol–water partition coefficient (Wildman–Crippen LogP) is 4.46. The minimum Gasteiger partial charge on any atom is -0.497 e. The minimum absolute atomic E-state index is 0.0305. The summed E-state index contributed by atoms with van der Waals surface area (Å²) in [5.41, 5.74) is 1.23. The molecule has 0 unspecified atom stereocenters. The standard InChI is InChI=1S/C22H15Cl2N3O4/c1-31-15-9-7-13(8-10-15)26-11-3-4-14(26)12-16-20(28)25-22(30)27(21(16)29)18-6-2-5-17(23)19(18)24/h2-12H,1H3,(H,25,28,30). The number of nitrogens with zero attached hydrogens (tertiary/aromatic N) is 2. The van der Waals surface area contributed by atoms with Gasteiger partial charge in [0, 0.05) is 17.6 Å². The third-order valence-electron chi connectivity index (χ3n) is 4.70. The Hall–Kier alpha value is -3.55. The van der Waals surface area contributed by atoms with Gasteiger partial charge in [-0.2, -0.15) is 0 Å². The molecule has 9 heteroatoms. The van der Waals surface area contributed by atoms with E-state index in [-0.39, 0.29) is 21.3 Å². The number of barbiturate groups is 1. The van der Waals surface area contributed by atoms with E-state index in [4.69, 9.17) is 27.9 Å². The van der Waals surface area contributed by atoms with Gasteiger partial charge < -0.3 is 9.30 Å². The maximum absolute atomic E-state index is 13.1. The lowest BCUT2D eigenvalue weighted by Gasteiger charge is -2.27. The largest absolute Gasteiger partial charge is 0.497 e. The zero-order chi connectivity index (χ0) is 22.1. The van der Waals surface area contributed by atoms with Crippen molar-refractivity contribution in [3.63, 3.8) is 0 Å². The molecule has 1 aliphatic rings. The lowest BCUT2D eigenvalue weighted by Crippen LogP contribution is -2.54. The fourth-order valence-electron chi connectivity index (χ4n) is 3.18. The van der Waals surface area contributed by atoms with E-state index in [2.05, 4.69) is 5.32 Å². The Kier molecular flexibility index (Phi) is 5.54. The van der Waals surface area contributed by atoms with Crippen molar-refractivity contribution in [2.75, 3.05) is 12.0 Å². The van der Waals surface area contributed by atoms with Gasteiger partial charge in [-0.05, 0) is 54.6 Å². The number of methoxy groups -OCH3 is 1. The zero-order valence-electron chi connectivity index (χ0n) is 16.1. The first-order valence-corrected chi connectivity index (χ1v) is 9.83. The van der Waals surface area contributed by atoms with Gasteiger partial charge in [0.2, 0.25) is 0 Å². The molecule has 3 aromatic rings. The van der Waals surface area contributed by atoms with E-state index in [1.165, 1.54) is 18.2 Å². The number of benzene rings is 2. The van der Waals surface area contributed by atoms with Crippen LogP contribution in [0.15, 0.2) is 66.4 Å². The van der Waals surface area contributed by atoms with Crippen molar-refractivity contribution in [1.82, 2.24) is 9.88 Å². The molecule has 0 spiro atoms. The molecule has 156 valence electrons. The highest BCUT2D eigenvalue weighted by Gasteiger charge is 2.38. The van der Waals surface area contributed by atoms with Crippen LogP contribution >= 0.6 is 23.2 Å². The summed E-state index contributed by atoms with van der Waals surface area (Å²) in [4.78, 5) is 38.8. The number of anilines is 1. The molecular formula is C22H15Cl2N3O4. The van der Waals surface area contributed by atoms with Crippen LogP contribution in [0.25, 0.3) is 11.8 Å². The van der Waals surface area contributed by atoms with E-state index < -0.39 is 17.8 Å². The van der Waals surface area contributed by atoms with Gasteiger partial charge in [-0.25, -0.2) is 9.69 Å². The number of rotatable bonds is 4. The average Bonchev–Trinajstić information content (AvgIpc) is 3.22. The first-order chi connectivity index (χ1) is 14.9. The molecule has 1 aromatic heterocycles. The first-order valence-electron chi connectivity index (χ1n) is 9.08. The summed E-state index contributed by atoms with van der Waals surface area (Å²) in [6.45, 7) is 0. The summed E-state index contributed by atoms with van der Waals surface area (Å²) in [6, 6.07) is 14.4. The lowest BCUT2D eigenvalue weighted by molar-refractivity contribution is -0.122. The number of hydrogen-bond acceptors (Lipinski definition) is 4. The van der Waals surface area contributed by atoms with Gasteiger partial charge >= 0.3 is 6.03 Å². The van der Waals surface area contributed by atoms with E-state index in [0.717, 1.165) is 10.6 Å². The van der Waals surface area contributed by atoms with Crippen LogP contribution in [-0.2, 0) is 9.59 Å². The average molecular weight is 456 g/mol. The molecule has 1 N–H and O–H groups in total. The van der Waals surface area contributed by atoms with E-state index in [9.17, 15) is 14.4 Å². The highest BCUT2D eigenvalue weighted by Crippen LogP contribution is 2.34. The SMILES string of the molecule is COc1ccc(-n2cccc2C=C2C(=O)NC(=O)N(c3cccc(Cl)c3Cl)C2=O)cc1. The number of ether oxygens (including phenoxy) is 1. The second kappa shape index (κ2) is 8.29. The molecule has 2 heterocycles. The summed E-state index contributed by atoms with van der Waals surface area (Å²) in [6.07, 6.45) is 3.20. The molecule has 0 bridgehead atoms. The van der Waals surface area contributed by atoms with Gasteiger partial charge in [-0.1, -0.05) is 29.3 Å². The summed E-state index contributed by atoms with van der Waals surface area (Å²) in [7, 11) is 1.58. The van der Waals surface area contributed by atoms with Crippen LogP contribution in [0.5, 0.6) is 5.75 Å². The van der Waals surface area contributed by atoms with Crippen LogP contribution in [0, 0.1) is 0 Å². The molecular weight excluding hydrogens is 441 g/mol. The van der Waals surface area contributed by atoms with Gasteiger partial charge in [0.1, 0.15) is 11.3 Å². The summed E-state index contributed by atoms with van der Waals surface area (Å²) >= 11 is 12.2. The third-order valence-corrected chi connectivity index (χ3v) is 5.51. The van der Waals surface area contributed by atoms with Crippen molar-refractivity contribution in [3.8, 4) is 11.4 Å². The quantitative estimate of drug-likeness (QED) is 0.465. The van der Waals surface area contributed by atoms with E-state index >= 15 is 0 Å². The molecule has 0 atom stereocenters. The van der Waals surface area contributed by atoms with E-state index in [1.54, 1.807) is 48.2 Å². The lowest BCUT2D eigenvalue weighted by atomic mass is 10.1. The maximum Gasteiger partial charge on any atom is 0.336 e. The number of amides is 4. The summed E-state index contributed by atoms with van der Waals surface area (Å²) in [5.74, 6) is -0.905. The minimum atomic E-state index is -0.901. The zero-order valence-corrected chi connectivity index (χ0v) is 17.6. The molecule has 0 radical (unpaired) electrons. The van der Waals surface area contributed by atoms with Gasteiger partial charge in [0.05, 0.1) is 22.8 Å². The maximum atomic E-state index is 13.1. The van der Waals surface area contributed by atoms with Crippen LogP contribution in [0.4, 0.5) is 10.5 Å². The Balaban J connectivity index is 1.75. The fourth-order valence-corrected chi connectivity index (χ4v) is 3.56. The Labute approximate surface area is 187 Å². The number of nitrogens with one attached hydrogen (secondary N) is 1. The van der Waals surface area contributed by atoms with Crippen molar-refractivity contribution in [2.45, 2.75) is 0 Å². The van der Waals surface area contributed by atoms with Gasteiger partial charge in [-0.3, -0.25) is 14.9 Å². The Morgan fingerprint density at radius 3 is 2.42 bits per heavy atom. The van der Waals surface area contributed by atoms with Crippen molar-refractivity contribution in [1.29, 1.82) is 0 Å².